The van der Waals surface area contributed by atoms with Crippen LogP contribution in [0, 0.1) is 0 Å². The summed E-state index contributed by atoms with van der Waals surface area (Å²) in [6, 6.07) is 60.3. The zero-order chi connectivity index (χ0) is 37.6. The third-order valence-corrected chi connectivity index (χ3v) is 13.3. The second kappa shape index (κ2) is 11.1. The Balaban J connectivity index is 1.21. The number of fused-ring (bicyclic) bond motifs is 14. The maximum atomic E-state index is 5.26. The van der Waals surface area contributed by atoms with Crippen molar-refractivity contribution in [3.63, 3.8) is 0 Å². The van der Waals surface area contributed by atoms with E-state index in [1.165, 1.54) is 88.4 Å². The van der Waals surface area contributed by atoms with E-state index in [1.54, 1.807) is 0 Å². The average Bonchev–Trinajstić information content (AvgIpc) is 3.94. The molecule has 268 valence electrons. The van der Waals surface area contributed by atoms with E-state index >= 15 is 0 Å². The van der Waals surface area contributed by atoms with Crippen LogP contribution in [0.25, 0.3) is 83.3 Å². The lowest BCUT2D eigenvalue weighted by molar-refractivity contribution is 0.746. The van der Waals surface area contributed by atoms with Gasteiger partial charge in [-0.1, -0.05) is 115 Å². The van der Waals surface area contributed by atoms with Crippen LogP contribution in [0.15, 0.2) is 176 Å². The van der Waals surface area contributed by atoms with E-state index in [9.17, 15) is 0 Å². The van der Waals surface area contributed by atoms with Crippen LogP contribution in [0.3, 0.4) is 0 Å². The largest absolute Gasteiger partial charge is 0.313 e. The van der Waals surface area contributed by atoms with Crippen molar-refractivity contribution in [3.05, 3.63) is 193 Å². The third kappa shape index (κ3) is 3.78. The van der Waals surface area contributed by atoms with Crippen LogP contribution in [0.5, 0.6) is 0 Å². The van der Waals surface area contributed by atoms with Crippen LogP contribution in [0.2, 0.25) is 0 Å². The Bertz CT molecular complexity index is 3540. The van der Waals surface area contributed by atoms with Crippen LogP contribution in [0.1, 0.15) is 22.7 Å². The zero-order valence-corrected chi connectivity index (χ0v) is 31.3. The summed E-state index contributed by atoms with van der Waals surface area (Å²) in [5, 5.41) is 3.70. The monoisotopic (exact) mass is 737 g/mol. The van der Waals surface area contributed by atoms with Crippen molar-refractivity contribution in [1.82, 2.24) is 23.7 Å². The van der Waals surface area contributed by atoms with Crippen molar-refractivity contribution in [1.29, 1.82) is 0 Å². The molecule has 11 aromatic rings. The molecule has 2 aliphatic heterocycles. The molecule has 6 aromatic carbocycles. The quantitative estimate of drug-likeness (QED) is 0.170. The number of hydrogen-bond donors (Lipinski definition) is 0. The summed E-state index contributed by atoms with van der Waals surface area (Å²) in [6.07, 6.45) is 4.90. The maximum absolute atomic E-state index is 5.26. The smallest absolute Gasteiger partial charge is 0.252 e. The molecular weight excluding hydrogens is 705 g/mol. The first-order chi connectivity index (χ1) is 28.8. The van der Waals surface area contributed by atoms with Crippen LogP contribution in [-0.2, 0) is 6.42 Å². The summed E-state index contributed by atoms with van der Waals surface area (Å²) in [5.41, 5.74) is 22.2. The van der Waals surface area contributed by atoms with Crippen molar-refractivity contribution in [2.75, 3.05) is 0 Å². The summed E-state index contributed by atoms with van der Waals surface area (Å²) >= 11 is 0. The van der Waals surface area contributed by atoms with Crippen molar-refractivity contribution in [2.24, 2.45) is 0 Å². The minimum atomic E-state index is 0.00852. The molecule has 0 spiro atoms. The molecule has 0 radical (unpaired) electrons. The fourth-order valence-electron chi connectivity index (χ4n) is 11.1. The molecule has 6 heteroatoms. The van der Waals surface area contributed by atoms with Gasteiger partial charge in [0.15, 0.2) is 0 Å². The van der Waals surface area contributed by atoms with Gasteiger partial charge in [-0.3, -0.25) is 19.1 Å². The highest BCUT2D eigenvalue weighted by Gasteiger charge is 2.44. The molecule has 14 rings (SSSR count). The van der Waals surface area contributed by atoms with Crippen molar-refractivity contribution in [2.45, 2.75) is 12.3 Å². The lowest BCUT2D eigenvalue weighted by Gasteiger charge is -2.35. The van der Waals surface area contributed by atoms with E-state index in [2.05, 4.69) is 171 Å². The Kier molecular flexibility index (Phi) is 5.89. The van der Waals surface area contributed by atoms with Crippen LogP contribution in [0.4, 0.5) is 0 Å². The van der Waals surface area contributed by atoms with Crippen molar-refractivity contribution in [3.8, 4) is 39.4 Å². The second-order valence-electron chi connectivity index (χ2n) is 16.1. The van der Waals surface area contributed by atoms with Gasteiger partial charge in [-0.2, -0.15) is 0 Å². The molecule has 0 fully saturated rings. The lowest BCUT2D eigenvalue weighted by Crippen LogP contribution is -2.59. The molecule has 1 atom stereocenters. The summed E-state index contributed by atoms with van der Waals surface area (Å²) in [7, 11) is 0. The van der Waals surface area contributed by atoms with Crippen LogP contribution >= 0.6 is 0 Å². The molecule has 0 saturated carbocycles. The predicted molar refractivity (Wildman–Crippen MR) is 238 cm³/mol. The molecule has 58 heavy (non-hydrogen) atoms. The van der Waals surface area contributed by atoms with E-state index in [-0.39, 0.29) is 12.6 Å². The highest BCUT2D eigenvalue weighted by Crippen LogP contribution is 2.50. The van der Waals surface area contributed by atoms with Gasteiger partial charge in [0.1, 0.15) is 5.65 Å². The molecule has 3 aliphatic rings. The Hall–Kier alpha value is -7.44. The average molecular weight is 738 g/mol. The molecular formula is C52H32BN5. The number of aromatic nitrogens is 5. The van der Waals surface area contributed by atoms with E-state index in [4.69, 9.17) is 9.97 Å². The predicted octanol–water partition coefficient (Wildman–Crippen LogP) is 9.63. The summed E-state index contributed by atoms with van der Waals surface area (Å²) in [5.74, 6) is 0.169. The third-order valence-electron chi connectivity index (χ3n) is 13.3. The number of hydrogen-bond acceptors (Lipinski definition) is 2. The fraction of sp³-hybridized carbons (Fsp3) is 0.0385. The molecule has 1 aliphatic carbocycles. The summed E-state index contributed by atoms with van der Waals surface area (Å²) < 4.78 is 7.67. The van der Waals surface area contributed by atoms with E-state index < -0.39 is 0 Å². The number of benzene rings is 6. The Morgan fingerprint density at radius 3 is 2.17 bits per heavy atom. The first kappa shape index (κ1) is 30.7. The van der Waals surface area contributed by atoms with Crippen LogP contribution < -0.4 is 16.4 Å². The van der Waals surface area contributed by atoms with Gasteiger partial charge >= 0.3 is 0 Å². The Labute approximate surface area is 334 Å². The highest BCUT2D eigenvalue weighted by molar-refractivity contribution is 7.00. The Morgan fingerprint density at radius 2 is 1.31 bits per heavy atom. The molecule has 0 N–H and O–H groups in total. The molecule has 0 amide bonds. The standard InChI is InChI=1S/C52H32BN5/c1-3-14-31(15-4-1)38-28-32-16-7-8-19-35(32)45-37-21-13-22-39-49(37)57(50(38)45)43-29-33(41-23-11-12-26-54-41)30-44-47(43)53(39)40-25-27-55-48-46-36-20-9-10-24-42(36)56(34-17-5-2-6-18-34)52(46)58(44)51(40)48/h1-27,29-30,38H,28H2. The van der Waals surface area contributed by atoms with Gasteiger partial charge in [0, 0.05) is 68.5 Å². The van der Waals surface area contributed by atoms with Gasteiger partial charge in [-0.25, -0.2) is 0 Å². The number of rotatable bonds is 3. The number of nitrogens with zero attached hydrogens (tertiary/aromatic N) is 5. The van der Waals surface area contributed by atoms with E-state index in [0.717, 1.165) is 34.5 Å². The van der Waals surface area contributed by atoms with Gasteiger partial charge < -0.3 is 4.57 Å². The number of para-hydroxylation sites is 3. The second-order valence-corrected chi connectivity index (χ2v) is 16.1. The molecule has 0 bridgehead atoms. The van der Waals surface area contributed by atoms with Gasteiger partial charge in [-0.15, -0.1) is 0 Å². The summed E-state index contributed by atoms with van der Waals surface area (Å²) in [6.45, 7) is 0.00852. The maximum Gasteiger partial charge on any atom is 0.252 e. The zero-order valence-electron chi connectivity index (χ0n) is 31.3. The van der Waals surface area contributed by atoms with E-state index in [0.29, 0.717) is 0 Å². The minimum absolute atomic E-state index is 0.00852. The normalized spacial score (nSPS) is 14.6. The van der Waals surface area contributed by atoms with Gasteiger partial charge in [0.2, 0.25) is 0 Å². The molecule has 5 aromatic heterocycles. The SMILES string of the molecule is c1ccc(C2Cc3ccccc3-c3c2n2c4c(cccc34)B3c4c-2cc(-c2ccccn2)cc4-n2c4c3ccnc4c3c4ccccc4n(-c4ccccc4)c32)cc1. The first-order valence-corrected chi connectivity index (χ1v) is 20.2. The number of pyridine rings is 2. The summed E-state index contributed by atoms with van der Waals surface area (Å²) in [4.78, 5) is 10.2. The lowest BCUT2D eigenvalue weighted by atomic mass is 9.34. The Morgan fingerprint density at radius 1 is 0.569 bits per heavy atom. The van der Waals surface area contributed by atoms with E-state index in [1.807, 2.05) is 18.5 Å². The topological polar surface area (TPSA) is 40.6 Å². The van der Waals surface area contributed by atoms with Gasteiger partial charge in [-0.05, 0) is 88.0 Å². The van der Waals surface area contributed by atoms with Crippen LogP contribution in [-0.4, -0.2) is 30.4 Å². The molecule has 5 nitrogen and oxygen atoms in total. The molecule has 0 saturated heterocycles. The van der Waals surface area contributed by atoms with Gasteiger partial charge in [0.05, 0.1) is 27.6 Å². The van der Waals surface area contributed by atoms with Crippen molar-refractivity contribution >= 4 is 67.0 Å². The highest BCUT2D eigenvalue weighted by atomic mass is 15.2. The fourth-order valence-corrected chi connectivity index (χ4v) is 11.1. The first-order valence-electron chi connectivity index (χ1n) is 20.2. The molecule has 7 heterocycles. The van der Waals surface area contributed by atoms with Gasteiger partial charge in [0.25, 0.3) is 6.71 Å². The van der Waals surface area contributed by atoms with Crippen molar-refractivity contribution < 1.29 is 0 Å². The molecule has 1 unspecified atom stereocenters. The minimum Gasteiger partial charge on any atom is -0.313 e.